The average molecular weight is 321 g/mol. The molecule has 1 N–H and O–H groups in total. The first-order chi connectivity index (χ1) is 11.5. The minimum absolute atomic E-state index is 0.252. The molecule has 3 rings (SSSR count). The molecule has 0 aliphatic carbocycles. The second-order valence-electron chi connectivity index (χ2n) is 5.76. The van der Waals surface area contributed by atoms with Crippen LogP contribution in [0.25, 0.3) is 22.2 Å². The first kappa shape index (κ1) is 16.0. The predicted octanol–water partition coefficient (Wildman–Crippen LogP) is 4.62. The van der Waals surface area contributed by atoms with Gasteiger partial charge >= 0.3 is 5.97 Å². The number of carboxylic acids is 1. The molecular weight excluding hydrogens is 302 g/mol. The van der Waals surface area contributed by atoms with Crippen LogP contribution in [0.5, 0.6) is 5.75 Å². The summed E-state index contributed by atoms with van der Waals surface area (Å²) in [6, 6.07) is 13.0. The zero-order valence-electron chi connectivity index (χ0n) is 14.0. The van der Waals surface area contributed by atoms with Gasteiger partial charge in [-0.05, 0) is 50.1 Å². The van der Waals surface area contributed by atoms with Gasteiger partial charge in [0.2, 0.25) is 0 Å². The van der Waals surface area contributed by atoms with Gasteiger partial charge in [-0.3, -0.25) is 0 Å². The van der Waals surface area contributed by atoms with Crippen molar-refractivity contribution >= 4 is 16.9 Å². The van der Waals surface area contributed by atoms with Gasteiger partial charge in [-0.1, -0.05) is 24.3 Å². The number of aryl methyl sites for hydroxylation is 2. The third-order valence-corrected chi connectivity index (χ3v) is 3.98. The number of carboxylic acid groups (broad SMARTS) is 1. The number of aromatic carboxylic acids is 1. The Kier molecular flexibility index (Phi) is 4.21. The standard InChI is InChI=1S/C20H19NO3/c1-4-24-18-10-12(2)8-9-15(18)17-11-16(20(22)23)14-7-5-6-13(3)19(14)21-17/h5-11H,4H2,1-3H3,(H,22,23). The second kappa shape index (κ2) is 6.32. The van der Waals surface area contributed by atoms with Crippen molar-refractivity contribution in [2.24, 2.45) is 0 Å². The van der Waals surface area contributed by atoms with Gasteiger partial charge in [0.1, 0.15) is 5.75 Å². The Morgan fingerprint density at radius 1 is 1.17 bits per heavy atom. The van der Waals surface area contributed by atoms with Crippen molar-refractivity contribution < 1.29 is 14.6 Å². The fourth-order valence-corrected chi connectivity index (χ4v) is 2.82. The molecule has 4 heteroatoms. The number of carbonyl (C=O) groups is 1. The van der Waals surface area contributed by atoms with Crippen molar-refractivity contribution in [1.29, 1.82) is 0 Å². The van der Waals surface area contributed by atoms with E-state index in [0.717, 1.165) is 16.7 Å². The molecule has 0 atom stereocenters. The summed E-state index contributed by atoms with van der Waals surface area (Å²) in [6.07, 6.45) is 0. The van der Waals surface area contributed by atoms with Crippen LogP contribution in [0.1, 0.15) is 28.4 Å². The number of hydrogen-bond acceptors (Lipinski definition) is 3. The maximum atomic E-state index is 11.7. The number of aromatic nitrogens is 1. The summed E-state index contributed by atoms with van der Waals surface area (Å²) in [5, 5.41) is 10.3. The Morgan fingerprint density at radius 2 is 1.96 bits per heavy atom. The van der Waals surface area contributed by atoms with Crippen LogP contribution in [-0.4, -0.2) is 22.7 Å². The van der Waals surface area contributed by atoms with E-state index in [4.69, 9.17) is 9.72 Å². The van der Waals surface area contributed by atoms with E-state index in [1.807, 2.05) is 51.1 Å². The fraction of sp³-hybridized carbons (Fsp3) is 0.200. The number of rotatable bonds is 4. The van der Waals surface area contributed by atoms with E-state index in [1.165, 1.54) is 0 Å². The topological polar surface area (TPSA) is 59.4 Å². The number of nitrogens with zero attached hydrogens (tertiary/aromatic N) is 1. The fourth-order valence-electron chi connectivity index (χ4n) is 2.82. The molecule has 0 unspecified atom stereocenters. The second-order valence-corrected chi connectivity index (χ2v) is 5.76. The Hall–Kier alpha value is -2.88. The summed E-state index contributed by atoms with van der Waals surface area (Å²) >= 11 is 0. The molecule has 0 amide bonds. The average Bonchev–Trinajstić information content (AvgIpc) is 2.55. The van der Waals surface area contributed by atoms with Crippen molar-refractivity contribution in [2.75, 3.05) is 6.61 Å². The zero-order chi connectivity index (χ0) is 17.3. The summed E-state index contributed by atoms with van der Waals surface area (Å²) in [4.78, 5) is 16.4. The predicted molar refractivity (Wildman–Crippen MR) is 94.8 cm³/mol. The molecule has 1 heterocycles. The van der Waals surface area contributed by atoms with Crippen molar-refractivity contribution in [3.63, 3.8) is 0 Å². The van der Waals surface area contributed by atoms with Crippen molar-refractivity contribution in [2.45, 2.75) is 20.8 Å². The van der Waals surface area contributed by atoms with Gasteiger partial charge < -0.3 is 9.84 Å². The lowest BCUT2D eigenvalue weighted by Gasteiger charge is -2.13. The third-order valence-electron chi connectivity index (χ3n) is 3.98. The first-order valence-electron chi connectivity index (χ1n) is 7.88. The highest BCUT2D eigenvalue weighted by Crippen LogP contribution is 2.33. The van der Waals surface area contributed by atoms with Crippen molar-refractivity contribution in [1.82, 2.24) is 4.98 Å². The third kappa shape index (κ3) is 2.83. The Balaban J connectivity index is 2.31. The van der Waals surface area contributed by atoms with Crippen LogP contribution in [0, 0.1) is 13.8 Å². The molecule has 0 aliphatic heterocycles. The van der Waals surface area contributed by atoms with Gasteiger partial charge in [-0.15, -0.1) is 0 Å². The molecule has 0 spiro atoms. The number of pyridine rings is 1. The van der Waals surface area contributed by atoms with Gasteiger partial charge in [-0.25, -0.2) is 9.78 Å². The van der Waals surface area contributed by atoms with E-state index in [0.29, 0.717) is 29.0 Å². The SMILES string of the molecule is CCOc1cc(C)ccc1-c1cc(C(=O)O)c2cccc(C)c2n1. The van der Waals surface area contributed by atoms with Crippen LogP contribution < -0.4 is 4.74 Å². The first-order valence-corrected chi connectivity index (χ1v) is 7.88. The van der Waals surface area contributed by atoms with Crippen LogP contribution in [0.3, 0.4) is 0 Å². The van der Waals surface area contributed by atoms with Gasteiger partial charge in [0, 0.05) is 10.9 Å². The normalized spacial score (nSPS) is 10.8. The van der Waals surface area contributed by atoms with Gasteiger partial charge in [0.05, 0.1) is 23.4 Å². The number of fused-ring (bicyclic) bond motifs is 1. The van der Waals surface area contributed by atoms with Gasteiger partial charge in [0.25, 0.3) is 0 Å². The molecule has 0 saturated heterocycles. The molecule has 122 valence electrons. The van der Waals surface area contributed by atoms with Crippen molar-refractivity contribution in [3.05, 3.63) is 59.2 Å². The summed E-state index contributed by atoms with van der Waals surface area (Å²) in [7, 11) is 0. The lowest BCUT2D eigenvalue weighted by atomic mass is 10.0. The van der Waals surface area contributed by atoms with Crippen LogP contribution >= 0.6 is 0 Å². The van der Waals surface area contributed by atoms with Crippen LogP contribution in [0.4, 0.5) is 0 Å². The number of hydrogen-bond donors (Lipinski definition) is 1. The highest BCUT2D eigenvalue weighted by Gasteiger charge is 2.16. The molecule has 0 aliphatic rings. The smallest absolute Gasteiger partial charge is 0.336 e. The molecule has 0 fully saturated rings. The zero-order valence-corrected chi connectivity index (χ0v) is 14.0. The minimum atomic E-state index is -0.959. The minimum Gasteiger partial charge on any atom is -0.493 e. The molecule has 0 radical (unpaired) electrons. The molecular formula is C20H19NO3. The van der Waals surface area contributed by atoms with Crippen molar-refractivity contribution in [3.8, 4) is 17.0 Å². The van der Waals surface area contributed by atoms with E-state index >= 15 is 0 Å². The highest BCUT2D eigenvalue weighted by molar-refractivity contribution is 6.04. The summed E-state index contributed by atoms with van der Waals surface area (Å²) in [6.45, 7) is 6.39. The maximum absolute atomic E-state index is 11.7. The van der Waals surface area contributed by atoms with Gasteiger partial charge in [-0.2, -0.15) is 0 Å². The number of para-hydroxylation sites is 1. The monoisotopic (exact) mass is 321 g/mol. The molecule has 3 aromatic rings. The summed E-state index contributed by atoms with van der Waals surface area (Å²) in [5.74, 6) is -0.242. The molecule has 24 heavy (non-hydrogen) atoms. The molecule has 2 aromatic carbocycles. The maximum Gasteiger partial charge on any atom is 0.336 e. The largest absolute Gasteiger partial charge is 0.493 e. The molecule has 1 aromatic heterocycles. The van der Waals surface area contributed by atoms with E-state index < -0.39 is 5.97 Å². The summed E-state index contributed by atoms with van der Waals surface area (Å²) < 4.78 is 5.73. The lowest BCUT2D eigenvalue weighted by Crippen LogP contribution is -2.02. The number of benzene rings is 2. The molecule has 0 saturated carbocycles. The van der Waals surface area contributed by atoms with E-state index in [1.54, 1.807) is 12.1 Å². The summed E-state index contributed by atoms with van der Waals surface area (Å²) in [5.41, 5.74) is 4.39. The van der Waals surface area contributed by atoms with Crippen LogP contribution in [0.15, 0.2) is 42.5 Å². The molecule has 0 bridgehead atoms. The molecule has 4 nitrogen and oxygen atoms in total. The van der Waals surface area contributed by atoms with Crippen LogP contribution in [-0.2, 0) is 0 Å². The lowest BCUT2D eigenvalue weighted by molar-refractivity contribution is 0.0699. The van der Waals surface area contributed by atoms with Gasteiger partial charge in [0.15, 0.2) is 0 Å². The Labute approximate surface area is 140 Å². The quantitative estimate of drug-likeness (QED) is 0.762. The highest BCUT2D eigenvalue weighted by atomic mass is 16.5. The van der Waals surface area contributed by atoms with E-state index in [2.05, 4.69) is 0 Å². The van der Waals surface area contributed by atoms with Crippen LogP contribution in [0.2, 0.25) is 0 Å². The Bertz CT molecular complexity index is 932. The number of ether oxygens (including phenoxy) is 1. The van der Waals surface area contributed by atoms with E-state index in [9.17, 15) is 9.90 Å². The Morgan fingerprint density at radius 3 is 2.67 bits per heavy atom. The van der Waals surface area contributed by atoms with E-state index in [-0.39, 0.29) is 5.56 Å².